The summed E-state index contributed by atoms with van der Waals surface area (Å²) in [5, 5.41) is 0. The van der Waals surface area contributed by atoms with Gasteiger partial charge in [0.2, 0.25) is 0 Å². The smallest absolute Gasteiger partial charge is 0.153 e. The molecule has 0 saturated carbocycles. The van der Waals surface area contributed by atoms with Gasteiger partial charge in [0.05, 0.1) is 12.1 Å². The van der Waals surface area contributed by atoms with E-state index in [9.17, 15) is 4.79 Å². The minimum atomic E-state index is 0.467. The predicted octanol–water partition coefficient (Wildman–Crippen LogP) is 3.43. The molecule has 0 rings (SSSR count). The molecule has 0 aromatic carbocycles. The molecule has 0 atom stereocenters. The fraction of sp³-hybridized carbons (Fsp3) is 0.467. The third-order valence-corrected chi connectivity index (χ3v) is 2.06. The first-order valence-electron chi connectivity index (χ1n) is 6.18. The molecule has 3 heteroatoms. The highest BCUT2D eigenvalue weighted by atomic mass is 16.1. The normalized spacial score (nSPS) is 13.2. The number of nitrogens with zero attached hydrogens (tertiary/aromatic N) is 1. The Bertz CT molecular complexity index is 346. The van der Waals surface area contributed by atoms with E-state index in [0.29, 0.717) is 23.5 Å². The van der Waals surface area contributed by atoms with Crippen LogP contribution in [0.1, 0.15) is 41.0 Å². The fourth-order valence-electron chi connectivity index (χ4n) is 1.03. The minimum Gasteiger partial charge on any atom is -0.402 e. The maximum Gasteiger partial charge on any atom is 0.153 e. The number of carbonyl (C=O) groups is 1. The van der Waals surface area contributed by atoms with Crippen molar-refractivity contribution in [1.29, 1.82) is 0 Å². The largest absolute Gasteiger partial charge is 0.402 e. The van der Waals surface area contributed by atoms with Crippen LogP contribution in [0.5, 0.6) is 0 Å². The van der Waals surface area contributed by atoms with E-state index >= 15 is 0 Å². The molecule has 0 spiro atoms. The Morgan fingerprint density at radius 3 is 2.11 bits per heavy atom. The second-order valence-corrected chi connectivity index (χ2v) is 3.89. The van der Waals surface area contributed by atoms with E-state index < -0.39 is 0 Å². The molecule has 0 heterocycles. The summed E-state index contributed by atoms with van der Waals surface area (Å²) in [6.07, 6.45) is 5.66. The number of hydrogen-bond donors (Lipinski definition) is 1. The summed E-state index contributed by atoms with van der Waals surface area (Å²) in [6, 6.07) is 0. The van der Waals surface area contributed by atoms with Crippen molar-refractivity contribution in [2.45, 2.75) is 41.0 Å². The van der Waals surface area contributed by atoms with Gasteiger partial charge < -0.3 is 5.73 Å². The van der Waals surface area contributed by atoms with E-state index in [4.69, 9.17) is 5.73 Å². The van der Waals surface area contributed by atoms with Crippen molar-refractivity contribution in [1.82, 2.24) is 0 Å². The first kappa shape index (κ1) is 18.7. The molecule has 0 saturated heterocycles. The summed E-state index contributed by atoms with van der Waals surface area (Å²) >= 11 is 0. The number of nitrogens with two attached hydrogens (primary N) is 1. The highest BCUT2D eigenvalue weighted by Gasteiger charge is 2.02. The van der Waals surface area contributed by atoms with Gasteiger partial charge in [-0.05, 0) is 26.3 Å². The molecule has 0 bridgehead atoms. The molecule has 0 aliphatic carbocycles. The van der Waals surface area contributed by atoms with Gasteiger partial charge in [0.15, 0.2) is 6.29 Å². The average molecular weight is 250 g/mol. The zero-order chi connectivity index (χ0) is 14.6. The number of rotatable bonds is 5. The number of carbonyl (C=O) groups excluding carboxylic acids is 1. The SMILES string of the molecule is C=C/C(=C\C)CN=C(C)/C(C=O)=C(/C)N.CCC. The number of aliphatic imine (C=N–C) groups is 1. The van der Waals surface area contributed by atoms with Gasteiger partial charge in [-0.25, -0.2) is 0 Å². The van der Waals surface area contributed by atoms with Gasteiger partial charge in [0.25, 0.3) is 0 Å². The van der Waals surface area contributed by atoms with Gasteiger partial charge >= 0.3 is 0 Å². The second kappa shape index (κ2) is 11.8. The van der Waals surface area contributed by atoms with Crippen LogP contribution in [0.2, 0.25) is 0 Å². The van der Waals surface area contributed by atoms with Crippen LogP contribution < -0.4 is 5.73 Å². The van der Waals surface area contributed by atoms with Crippen molar-refractivity contribution in [3.8, 4) is 0 Å². The lowest BCUT2D eigenvalue weighted by atomic mass is 10.1. The van der Waals surface area contributed by atoms with Crippen molar-refractivity contribution in [2.75, 3.05) is 6.54 Å². The average Bonchev–Trinajstić information content (AvgIpc) is 2.31. The van der Waals surface area contributed by atoms with Crippen LogP contribution in [0.3, 0.4) is 0 Å². The zero-order valence-electron chi connectivity index (χ0n) is 12.3. The quantitative estimate of drug-likeness (QED) is 0.352. The summed E-state index contributed by atoms with van der Waals surface area (Å²) in [5.74, 6) is 0. The molecule has 18 heavy (non-hydrogen) atoms. The van der Waals surface area contributed by atoms with Crippen molar-refractivity contribution in [3.63, 3.8) is 0 Å². The lowest BCUT2D eigenvalue weighted by Gasteiger charge is -2.02. The van der Waals surface area contributed by atoms with E-state index in [1.807, 2.05) is 13.0 Å². The summed E-state index contributed by atoms with van der Waals surface area (Å²) in [7, 11) is 0. The molecular weight excluding hydrogens is 224 g/mol. The van der Waals surface area contributed by atoms with E-state index in [-0.39, 0.29) is 0 Å². The van der Waals surface area contributed by atoms with Gasteiger partial charge in [-0.3, -0.25) is 9.79 Å². The van der Waals surface area contributed by atoms with Crippen molar-refractivity contribution >= 4 is 12.0 Å². The summed E-state index contributed by atoms with van der Waals surface area (Å²) in [4.78, 5) is 15.0. The molecule has 0 aliphatic heterocycles. The van der Waals surface area contributed by atoms with Crippen LogP contribution in [-0.4, -0.2) is 18.5 Å². The van der Waals surface area contributed by atoms with Gasteiger partial charge in [0.1, 0.15) is 0 Å². The van der Waals surface area contributed by atoms with Crippen LogP contribution in [0, 0.1) is 0 Å². The molecule has 3 nitrogen and oxygen atoms in total. The first-order valence-corrected chi connectivity index (χ1v) is 6.18. The first-order chi connectivity index (χ1) is 8.48. The van der Waals surface area contributed by atoms with Crippen molar-refractivity contribution in [2.24, 2.45) is 10.7 Å². The maximum atomic E-state index is 10.7. The van der Waals surface area contributed by atoms with Gasteiger partial charge in [-0.1, -0.05) is 39.0 Å². The highest BCUT2D eigenvalue weighted by Crippen LogP contribution is 2.02. The molecule has 0 unspecified atom stereocenters. The lowest BCUT2D eigenvalue weighted by Crippen LogP contribution is -2.08. The van der Waals surface area contributed by atoms with Gasteiger partial charge in [0, 0.05) is 11.4 Å². The molecule has 0 aromatic rings. The summed E-state index contributed by atoms with van der Waals surface area (Å²) in [5.41, 5.74) is 8.19. The highest BCUT2D eigenvalue weighted by molar-refractivity contribution is 6.14. The molecule has 0 aromatic heterocycles. The van der Waals surface area contributed by atoms with Crippen LogP contribution in [0.25, 0.3) is 0 Å². The maximum absolute atomic E-state index is 10.7. The second-order valence-electron chi connectivity index (χ2n) is 3.89. The molecule has 0 radical (unpaired) electrons. The van der Waals surface area contributed by atoms with Crippen LogP contribution >= 0.6 is 0 Å². The van der Waals surface area contributed by atoms with Crippen LogP contribution in [0.15, 0.2) is 40.6 Å². The Hall–Kier alpha value is -1.64. The Kier molecular flexibility index (Phi) is 12.3. The van der Waals surface area contributed by atoms with E-state index in [1.165, 1.54) is 6.42 Å². The van der Waals surface area contributed by atoms with E-state index in [2.05, 4.69) is 25.4 Å². The lowest BCUT2D eigenvalue weighted by molar-refractivity contribution is -0.104. The third kappa shape index (κ3) is 8.50. The Morgan fingerprint density at radius 2 is 1.83 bits per heavy atom. The van der Waals surface area contributed by atoms with Crippen LogP contribution in [-0.2, 0) is 4.79 Å². The van der Waals surface area contributed by atoms with Crippen molar-refractivity contribution < 1.29 is 4.79 Å². The van der Waals surface area contributed by atoms with Gasteiger partial charge in [-0.2, -0.15) is 0 Å². The summed E-state index contributed by atoms with van der Waals surface area (Å²) in [6.45, 7) is 13.8. The Labute approximate surface area is 111 Å². The number of allylic oxidation sites excluding steroid dienone is 3. The zero-order valence-corrected chi connectivity index (χ0v) is 12.3. The third-order valence-electron chi connectivity index (χ3n) is 2.06. The van der Waals surface area contributed by atoms with Crippen molar-refractivity contribution in [3.05, 3.63) is 35.6 Å². The van der Waals surface area contributed by atoms with E-state index in [0.717, 1.165) is 11.9 Å². The molecule has 0 fully saturated rings. The predicted molar refractivity (Wildman–Crippen MR) is 80.8 cm³/mol. The minimum absolute atomic E-state index is 0.467. The van der Waals surface area contributed by atoms with Crippen LogP contribution in [0.4, 0.5) is 0 Å². The Morgan fingerprint density at radius 1 is 1.33 bits per heavy atom. The molecule has 102 valence electrons. The number of aldehydes is 1. The Balaban J connectivity index is 0. The van der Waals surface area contributed by atoms with Gasteiger partial charge in [-0.15, -0.1) is 0 Å². The fourth-order valence-corrected chi connectivity index (χ4v) is 1.03. The molecular formula is C15H26N2O. The topological polar surface area (TPSA) is 55.5 Å². The standard InChI is InChI=1S/C12H18N2O.C3H8/c1-5-11(6-2)7-14-10(4)12(8-15)9(3)13;1-3-2/h5-6,8H,1,7,13H2,2-4H3;3H2,1-2H3/b11-6+,12-9-,14-10?;. The molecule has 0 amide bonds. The number of hydrogen-bond acceptors (Lipinski definition) is 3. The summed E-state index contributed by atoms with van der Waals surface area (Å²) < 4.78 is 0. The molecule has 2 N–H and O–H groups in total. The van der Waals surface area contributed by atoms with E-state index in [1.54, 1.807) is 19.9 Å². The monoisotopic (exact) mass is 250 g/mol. The molecule has 0 aliphatic rings.